The molecule has 0 unspecified atom stereocenters. The van der Waals surface area contributed by atoms with E-state index in [4.69, 9.17) is 0 Å². The van der Waals surface area contributed by atoms with Gasteiger partial charge < -0.3 is 4.90 Å². The number of benzene rings is 10. The Balaban J connectivity index is 1.10. The van der Waals surface area contributed by atoms with E-state index in [1.807, 2.05) is 0 Å². The van der Waals surface area contributed by atoms with E-state index in [0.29, 0.717) is 0 Å². The highest BCUT2D eigenvalue weighted by atomic mass is 15.1. The van der Waals surface area contributed by atoms with Crippen LogP contribution in [-0.4, -0.2) is 0 Å². The number of fused-ring (bicyclic) bond motifs is 3. The summed E-state index contributed by atoms with van der Waals surface area (Å²) < 4.78 is 0. The largest absolute Gasteiger partial charge is 0.310 e. The molecule has 0 heterocycles. The summed E-state index contributed by atoms with van der Waals surface area (Å²) in [5.41, 5.74) is 22.9. The van der Waals surface area contributed by atoms with E-state index < -0.39 is 0 Å². The van der Waals surface area contributed by atoms with E-state index in [9.17, 15) is 0 Å². The van der Waals surface area contributed by atoms with Gasteiger partial charge in [-0.1, -0.05) is 226 Å². The van der Waals surface area contributed by atoms with Crippen LogP contribution in [0.2, 0.25) is 0 Å². The molecule has 0 radical (unpaired) electrons. The quantitative estimate of drug-likeness (QED) is 0.140. The fraction of sp³-hybridized carbons (Fsp3) is 0.0476. The first-order chi connectivity index (χ1) is 31.5. The van der Waals surface area contributed by atoms with Crippen LogP contribution in [0.5, 0.6) is 0 Å². The van der Waals surface area contributed by atoms with Crippen molar-refractivity contribution in [3.63, 3.8) is 0 Å². The van der Waals surface area contributed by atoms with Crippen molar-refractivity contribution in [3.8, 4) is 77.9 Å². The van der Waals surface area contributed by atoms with Crippen molar-refractivity contribution < 1.29 is 0 Å². The van der Waals surface area contributed by atoms with Gasteiger partial charge in [-0.3, -0.25) is 0 Å². The molecule has 0 saturated carbocycles. The molecule has 0 N–H and O–H groups in total. The summed E-state index contributed by atoms with van der Waals surface area (Å²) in [5.74, 6) is 0. The highest BCUT2D eigenvalue weighted by molar-refractivity contribution is 6.01. The summed E-state index contributed by atoms with van der Waals surface area (Å²) in [4.78, 5) is 2.46. The third-order valence-corrected chi connectivity index (χ3v) is 13.1. The summed E-state index contributed by atoms with van der Waals surface area (Å²) in [5, 5.41) is 0. The molecule has 1 heteroatoms. The predicted octanol–water partition coefficient (Wildman–Crippen LogP) is 17.5. The lowest BCUT2D eigenvalue weighted by Gasteiger charge is -2.30. The molecule has 0 amide bonds. The lowest BCUT2D eigenvalue weighted by atomic mass is 9.82. The van der Waals surface area contributed by atoms with Gasteiger partial charge in [0.05, 0.1) is 5.69 Å². The average Bonchev–Trinajstić information content (AvgIpc) is 3.60. The van der Waals surface area contributed by atoms with Crippen molar-refractivity contribution in [3.05, 3.63) is 260 Å². The van der Waals surface area contributed by atoms with Crippen LogP contribution in [-0.2, 0) is 5.41 Å². The van der Waals surface area contributed by atoms with Gasteiger partial charge in [0.2, 0.25) is 0 Å². The van der Waals surface area contributed by atoms with Crippen LogP contribution in [0.3, 0.4) is 0 Å². The Labute approximate surface area is 377 Å². The molecule has 0 bridgehead atoms. The number of rotatable bonds is 9. The lowest BCUT2D eigenvalue weighted by Crippen LogP contribution is -2.14. The Morgan fingerprint density at radius 2 is 0.703 bits per heavy atom. The monoisotopic (exact) mass is 817 g/mol. The molecular formula is C63H47N. The molecule has 0 spiro atoms. The minimum absolute atomic E-state index is 0.0462. The van der Waals surface area contributed by atoms with Crippen molar-refractivity contribution in [2.75, 3.05) is 4.90 Å². The fourth-order valence-electron chi connectivity index (χ4n) is 9.88. The molecule has 10 aromatic rings. The van der Waals surface area contributed by atoms with Crippen LogP contribution >= 0.6 is 0 Å². The van der Waals surface area contributed by atoms with Gasteiger partial charge in [0.25, 0.3) is 0 Å². The van der Waals surface area contributed by atoms with Crippen molar-refractivity contribution in [1.82, 2.24) is 0 Å². The molecule has 0 fully saturated rings. The topological polar surface area (TPSA) is 3.24 Å². The van der Waals surface area contributed by atoms with Crippen LogP contribution in [0, 0.1) is 0 Å². The third-order valence-electron chi connectivity index (χ3n) is 13.1. The van der Waals surface area contributed by atoms with Crippen molar-refractivity contribution in [2.45, 2.75) is 19.3 Å². The van der Waals surface area contributed by atoms with Gasteiger partial charge in [-0.15, -0.1) is 0 Å². The zero-order valence-electron chi connectivity index (χ0n) is 36.1. The molecule has 1 aliphatic carbocycles. The molecule has 0 aliphatic heterocycles. The van der Waals surface area contributed by atoms with Crippen LogP contribution < -0.4 is 4.90 Å². The third kappa shape index (κ3) is 7.02. The number of hydrogen-bond donors (Lipinski definition) is 0. The number of nitrogens with zero attached hydrogens (tertiary/aromatic N) is 1. The second-order valence-corrected chi connectivity index (χ2v) is 17.3. The summed E-state index contributed by atoms with van der Waals surface area (Å²) in [7, 11) is 0. The first kappa shape index (κ1) is 38.9. The smallest absolute Gasteiger partial charge is 0.0546 e. The molecular weight excluding hydrogens is 771 g/mol. The Morgan fingerprint density at radius 1 is 0.266 bits per heavy atom. The van der Waals surface area contributed by atoms with Crippen molar-refractivity contribution in [2.24, 2.45) is 0 Å². The van der Waals surface area contributed by atoms with E-state index in [2.05, 4.69) is 267 Å². The van der Waals surface area contributed by atoms with E-state index in [1.165, 1.54) is 89.0 Å². The molecule has 11 rings (SSSR count). The van der Waals surface area contributed by atoms with Gasteiger partial charge >= 0.3 is 0 Å². The molecule has 0 saturated heterocycles. The Morgan fingerprint density at radius 3 is 1.36 bits per heavy atom. The van der Waals surface area contributed by atoms with Crippen molar-refractivity contribution >= 4 is 17.1 Å². The number of anilines is 3. The maximum absolute atomic E-state index is 2.46. The summed E-state index contributed by atoms with van der Waals surface area (Å²) >= 11 is 0. The molecule has 304 valence electrons. The second-order valence-electron chi connectivity index (χ2n) is 17.3. The van der Waals surface area contributed by atoms with Gasteiger partial charge in [0.15, 0.2) is 0 Å². The SMILES string of the molecule is CC1(C)c2ccccc2-c2cc(-c3cccc(N(c4ccc(-c5ccc(-c6ccccc6)cc5)cc4)c4cccc(-c5ccccc5)c4-c4ccccc4-c4ccccc4)c3)ccc21. The van der Waals surface area contributed by atoms with E-state index in [1.54, 1.807) is 0 Å². The molecule has 1 aliphatic rings. The Kier molecular flexibility index (Phi) is 9.94. The van der Waals surface area contributed by atoms with Gasteiger partial charge in [0.1, 0.15) is 0 Å². The van der Waals surface area contributed by atoms with Gasteiger partial charge in [-0.25, -0.2) is 0 Å². The highest BCUT2D eigenvalue weighted by Crippen LogP contribution is 2.51. The normalized spacial score (nSPS) is 12.3. The highest BCUT2D eigenvalue weighted by Gasteiger charge is 2.35. The van der Waals surface area contributed by atoms with E-state index in [-0.39, 0.29) is 5.41 Å². The number of hydrogen-bond acceptors (Lipinski definition) is 1. The molecule has 0 aromatic heterocycles. The fourth-order valence-corrected chi connectivity index (χ4v) is 9.88. The minimum atomic E-state index is -0.0462. The Hall–Kier alpha value is -8.00. The van der Waals surface area contributed by atoms with Crippen LogP contribution in [0.25, 0.3) is 77.9 Å². The second kappa shape index (κ2) is 16.4. The van der Waals surface area contributed by atoms with Crippen molar-refractivity contribution in [1.29, 1.82) is 0 Å². The van der Waals surface area contributed by atoms with Crippen LogP contribution in [0.1, 0.15) is 25.0 Å². The maximum Gasteiger partial charge on any atom is 0.0546 e. The predicted molar refractivity (Wildman–Crippen MR) is 271 cm³/mol. The standard InChI is InChI=1S/C63H47N/c1-63(2)59-30-15-14-27-56(59)58-43-51(38-41-60(58)63)50-24-16-25-53(42-50)64(52-39-36-47(37-40-52)46-34-32-45(33-35-46)44-18-6-3-7-19-44)61-31-17-29-55(49-22-10-5-11-23-49)62(61)57-28-13-12-26-54(57)48-20-8-4-9-21-48/h3-43H,1-2H3. The molecule has 1 nitrogen and oxygen atoms in total. The zero-order chi connectivity index (χ0) is 43.0. The summed E-state index contributed by atoms with van der Waals surface area (Å²) in [6.07, 6.45) is 0. The van der Waals surface area contributed by atoms with E-state index >= 15 is 0 Å². The maximum atomic E-state index is 2.46. The van der Waals surface area contributed by atoms with Gasteiger partial charge in [0, 0.05) is 22.4 Å². The zero-order valence-corrected chi connectivity index (χ0v) is 36.1. The van der Waals surface area contributed by atoms with Crippen LogP contribution in [0.4, 0.5) is 17.1 Å². The van der Waals surface area contributed by atoms with Gasteiger partial charge in [-0.2, -0.15) is 0 Å². The first-order valence-corrected chi connectivity index (χ1v) is 22.3. The summed E-state index contributed by atoms with van der Waals surface area (Å²) in [6.45, 7) is 4.69. The molecule has 64 heavy (non-hydrogen) atoms. The van der Waals surface area contributed by atoms with E-state index in [0.717, 1.165) is 17.1 Å². The molecule has 0 atom stereocenters. The molecule has 10 aromatic carbocycles. The van der Waals surface area contributed by atoms with Crippen LogP contribution in [0.15, 0.2) is 249 Å². The lowest BCUT2D eigenvalue weighted by molar-refractivity contribution is 0.660. The van der Waals surface area contributed by atoms with Gasteiger partial charge in [-0.05, 0) is 120 Å². The Bertz CT molecular complexity index is 3260. The first-order valence-electron chi connectivity index (χ1n) is 22.3. The minimum Gasteiger partial charge on any atom is -0.310 e. The average molecular weight is 818 g/mol. The summed E-state index contributed by atoms with van der Waals surface area (Å²) in [6, 6.07) is 90.9.